The molecule has 3 heteroatoms. The van der Waals surface area contributed by atoms with E-state index in [0.29, 0.717) is 13.2 Å². The Morgan fingerprint density at radius 2 is 2.42 bits per heavy atom. The lowest BCUT2D eigenvalue weighted by Gasteiger charge is -2.09. The molecule has 0 saturated heterocycles. The third kappa shape index (κ3) is 2.09. The minimum atomic E-state index is -0.0660. The van der Waals surface area contributed by atoms with Gasteiger partial charge in [-0.25, -0.2) is 0 Å². The molecule has 1 aromatic rings. The third-order valence-corrected chi connectivity index (χ3v) is 1.80. The van der Waals surface area contributed by atoms with Gasteiger partial charge in [-0.3, -0.25) is 0 Å². The first-order valence-electron chi connectivity index (χ1n) is 4.13. The summed E-state index contributed by atoms with van der Waals surface area (Å²) >= 11 is 0. The second-order valence-corrected chi connectivity index (χ2v) is 2.70. The van der Waals surface area contributed by atoms with E-state index in [4.69, 9.17) is 14.9 Å². The molecule has 1 unspecified atom stereocenters. The lowest BCUT2D eigenvalue weighted by atomic mass is 10.1. The summed E-state index contributed by atoms with van der Waals surface area (Å²) in [7, 11) is 0. The summed E-state index contributed by atoms with van der Waals surface area (Å²) < 4.78 is 10.3. The molecule has 0 amide bonds. The van der Waals surface area contributed by atoms with E-state index < -0.39 is 0 Å². The van der Waals surface area contributed by atoms with Gasteiger partial charge in [-0.05, 0) is 19.9 Å². The molecule has 1 heterocycles. The second kappa shape index (κ2) is 4.28. The van der Waals surface area contributed by atoms with Gasteiger partial charge in [-0.1, -0.05) is 0 Å². The average molecular weight is 169 g/mol. The van der Waals surface area contributed by atoms with E-state index in [1.165, 1.54) is 0 Å². The summed E-state index contributed by atoms with van der Waals surface area (Å²) in [5.41, 5.74) is 6.87. The molecule has 0 fully saturated rings. The van der Waals surface area contributed by atoms with Gasteiger partial charge in [-0.15, -0.1) is 0 Å². The zero-order valence-corrected chi connectivity index (χ0v) is 7.54. The first-order valence-corrected chi connectivity index (χ1v) is 4.13. The number of hydrogen-bond donors (Lipinski definition) is 1. The Morgan fingerprint density at radius 1 is 1.67 bits per heavy atom. The Kier molecular flexibility index (Phi) is 3.31. The highest BCUT2D eigenvalue weighted by Gasteiger charge is 2.10. The van der Waals surface area contributed by atoms with Crippen LogP contribution in [0, 0.1) is 6.92 Å². The molecule has 68 valence electrons. The predicted octanol–water partition coefficient (Wildman–Crippen LogP) is 1.62. The molecule has 1 rings (SSSR count). The van der Waals surface area contributed by atoms with Crippen LogP contribution < -0.4 is 5.73 Å². The average Bonchev–Trinajstić information content (AvgIpc) is 2.47. The SMILES string of the molecule is CCOCC(N)c1ccoc1C. The monoisotopic (exact) mass is 169 g/mol. The molecule has 0 aromatic carbocycles. The number of rotatable bonds is 4. The molecule has 0 bridgehead atoms. The number of furan rings is 1. The zero-order chi connectivity index (χ0) is 8.97. The molecule has 1 aromatic heterocycles. The third-order valence-electron chi connectivity index (χ3n) is 1.80. The van der Waals surface area contributed by atoms with Crippen LogP contribution in [0.25, 0.3) is 0 Å². The van der Waals surface area contributed by atoms with E-state index in [1.807, 2.05) is 19.9 Å². The van der Waals surface area contributed by atoms with Crippen molar-refractivity contribution in [2.24, 2.45) is 5.73 Å². The number of nitrogens with two attached hydrogens (primary N) is 1. The molecule has 3 nitrogen and oxygen atoms in total. The van der Waals surface area contributed by atoms with E-state index in [1.54, 1.807) is 6.26 Å². The quantitative estimate of drug-likeness (QED) is 0.745. The minimum Gasteiger partial charge on any atom is -0.469 e. The molecule has 0 saturated carbocycles. The molecule has 0 aliphatic rings. The smallest absolute Gasteiger partial charge is 0.105 e. The largest absolute Gasteiger partial charge is 0.469 e. The van der Waals surface area contributed by atoms with Crippen LogP contribution in [0.5, 0.6) is 0 Å². The number of ether oxygens (including phenoxy) is 1. The Bertz CT molecular complexity index is 232. The Hall–Kier alpha value is -0.800. The summed E-state index contributed by atoms with van der Waals surface area (Å²) in [6.45, 7) is 5.11. The summed E-state index contributed by atoms with van der Waals surface area (Å²) in [5, 5.41) is 0. The second-order valence-electron chi connectivity index (χ2n) is 2.70. The summed E-state index contributed by atoms with van der Waals surface area (Å²) in [6.07, 6.45) is 1.65. The Morgan fingerprint density at radius 3 is 2.92 bits per heavy atom. The van der Waals surface area contributed by atoms with Gasteiger partial charge >= 0.3 is 0 Å². The maximum absolute atomic E-state index is 5.84. The molecule has 1 atom stereocenters. The summed E-state index contributed by atoms with van der Waals surface area (Å²) in [6, 6.07) is 1.82. The van der Waals surface area contributed by atoms with Crippen molar-refractivity contribution in [3.8, 4) is 0 Å². The van der Waals surface area contributed by atoms with Gasteiger partial charge in [0.1, 0.15) is 5.76 Å². The first kappa shape index (κ1) is 9.29. The van der Waals surface area contributed by atoms with Crippen molar-refractivity contribution >= 4 is 0 Å². The fourth-order valence-electron chi connectivity index (χ4n) is 1.11. The van der Waals surface area contributed by atoms with E-state index in [2.05, 4.69) is 0 Å². The summed E-state index contributed by atoms with van der Waals surface area (Å²) in [5.74, 6) is 0.877. The van der Waals surface area contributed by atoms with Crippen molar-refractivity contribution in [3.05, 3.63) is 23.7 Å². The van der Waals surface area contributed by atoms with Crippen LogP contribution in [-0.4, -0.2) is 13.2 Å². The highest BCUT2D eigenvalue weighted by Crippen LogP contribution is 2.16. The lowest BCUT2D eigenvalue weighted by molar-refractivity contribution is 0.133. The normalized spacial score (nSPS) is 13.2. The molecule has 0 aliphatic carbocycles. The molecule has 12 heavy (non-hydrogen) atoms. The maximum atomic E-state index is 5.84. The van der Waals surface area contributed by atoms with Crippen molar-refractivity contribution in [2.75, 3.05) is 13.2 Å². The van der Waals surface area contributed by atoms with E-state index in [9.17, 15) is 0 Å². The Balaban J connectivity index is 2.52. The standard InChI is InChI=1S/C9H15NO2/c1-3-11-6-9(10)8-4-5-12-7(8)2/h4-5,9H,3,6,10H2,1-2H3. The van der Waals surface area contributed by atoms with E-state index in [-0.39, 0.29) is 6.04 Å². The molecular formula is C9H15NO2. The van der Waals surface area contributed by atoms with Gasteiger partial charge in [0, 0.05) is 12.2 Å². The van der Waals surface area contributed by atoms with Crippen LogP contribution in [0.2, 0.25) is 0 Å². The number of hydrogen-bond acceptors (Lipinski definition) is 3. The minimum absolute atomic E-state index is 0.0660. The lowest BCUT2D eigenvalue weighted by Crippen LogP contribution is -2.17. The van der Waals surface area contributed by atoms with Gasteiger partial charge < -0.3 is 14.9 Å². The van der Waals surface area contributed by atoms with Crippen LogP contribution in [0.15, 0.2) is 16.7 Å². The van der Waals surface area contributed by atoms with Gasteiger partial charge in [0.2, 0.25) is 0 Å². The number of aryl methyl sites for hydroxylation is 1. The first-order chi connectivity index (χ1) is 5.75. The fourth-order valence-corrected chi connectivity index (χ4v) is 1.11. The predicted molar refractivity (Wildman–Crippen MR) is 46.9 cm³/mol. The zero-order valence-electron chi connectivity index (χ0n) is 7.54. The van der Waals surface area contributed by atoms with E-state index in [0.717, 1.165) is 11.3 Å². The van der Waals surface area contributed by atoms with Gasteiger partial charge in [0.15, 0.2) is 0 Å². The molecule has 0 aliphatic heterocycles. The van der Waals surface area contributed by atoms with Crippen LogP contribution in [0.4, 0.5) is 0 Å². The van der Waals surface area contributed by atoms with Crippen LogP contribution in [-0.2, 0) is 4.74 Å². The van der Waals surface area contributed by atoms with Crippen molar-refractivity contribution in [1.82, 2.24) is 0 Å². The summed E-state index contributed by atoms with van der Waals surface area (Å²) in [4.78, 5) is 0. The molecule has 0 spiro atoms. The van der Waals surface area contributed by atoms with Crippen LogP contribution in [0.3, 0.4) is 0 Å². The molecule has 0 radical (unpaired) electrons. The van der Waals surface area contributed by atoms with Crippen molar-refractivity contribution in [1.29, 1.82) is 0 Å². The van der Waals surface area contributed by atoms with Gasteiger partial charge in [0.25, 0.3) is 0 Å². The van der Waals surface area contributed by atoms with Crippen molar-refractivity contribution in [2.45, 2.75) is 19.9 Å². The Labute approximate surface area is 72.5 Å². The van der Waals surface area contributed by atoms with Crippen molar-refractivity contribution < 1.29 is 9.15 Å². The molecule has 2 N–H and O–H groups in total. The fraction of sp³-hybridized carbons (Fsp3) is 0.556. The molecular weight excluding hydrogens is 154 g/mol. The topological polar surface area (TPSA) is 48.4 Å². The highest BCUT2D eigenvalue weighted by molar-refractivity contribution is 5.19. The van der Waals surface area contributed by atoms with Gasteiger partial charge in [-0.2, -0.15) is 0 Å². The van der Waals surface area contributed by atoms with E-state index >= 15 is 0 Å². The highest BCUT2D eigenvalue weighted by atomic mass is 16.5. The van der Waals surface area contributed by atoms with Crippen molar-refractivity contribution in [3.63, 3.8) is 0 Å². The van der Waals surface area contributed by atoms with Gasteiger partial charge in [0.05, 0.1) is 18.9 Å². The maximum Gasteiger partial charge on any atom is 0.105 e. The van der Waals surface area contributed by atoms with Crippen LogP contribution in [0.1, 0.15) is 24.3 Å². The van der Waals surface area contributed by atoms with Crippen LogP contribution >= 0.6 is 0 Å².